The fraction of sp³-hybridized carbons (Fsp3) is 0.364. The zero-order valence-electron chi connectivity index (χ0n) is 8.10. The van der Waals surface area contributed by atoms with Crippen LogP contribution in [0.2, 0.25) is 0 Å². The summed E-state index contributed by atoms with van der Waals surface area (Å²) in [7, 11) is 0. The Balaban J connectivity index is 3.00. The number of benzene rings is 1. The highest BCUT2D eigenvalue weighted by atomic mass is 16.4. The van der Waals surface area contributed by atoms with E-state index < -0.39 is 12.1 Å². The quantitative estimate of drug-likeness (QED) is 0.767. The molecule has 0 aliphatic rings. The molecule has 14 heavy (non-hydrogen) atoms. The molecule has 0 spiro atoms. The number of aliphatic hydroxyl groups is 1. The fourth-order valence-electron chi connectivity index (χ4n) is 1.43. The molecule has 1 unspecified atom stereocenters. The molecule has 1 rings (SSSR count). The van der Waals surface area contributed by atoms with Gasteiger partial charge < -0.3 is 10.2 Å². The molecule has 0 radical (unpaired) electrons. The Morgan fingerprint density at radius 2 is 2.07 bits per heavy atom. The second kappa shape index (κ2) is 4.77. The lowest BCUT2D eigenvalue weighted by Crippen LogP contribution is -2.12. The molecule has 0 aliphatic carbocycles. The topological polar surface area (TPSA) is 57.5 Å². The molecular weight excluding hydrogens is 180 g/mol. The van der Waals surface area contributed by atoms with Gasteiger partial charge in [0.2, 0.25) is 0 Å². The number of hydrogen-bond donors (Lipinski definition) is 2. The summed E-state index contributed by atoms with van der Waals surface area (Å²) in [5.41, 5.74) is 1.41. The van der Waals surface area contributed by atoms with E-state index in [1.807, 2.05) is 19.1 Å². The van der Waals surface area contributed by atoms with Crippen LogP contribution in [0.25, 0.3) is 0 Å². The third-order valence-corrected chi connectivity index (χ3v) is 2.10. The van der Waals surface area contributed by atoms with Gasteiger partial charge in [0.1, 0.15) is 0 Å². The zero-order valence-corrected chi connectivity index (χ0v) is 8.10. The van der Waals surface area contributed by atoms with Crippen LogP contribution in [0, 0.1) is 0 Å². The number of aryl methyl sites for hydroxylation is 1. The van der Waals surface area contributed by atoms with Crippen LogP contribution in [0.4, 0.5) is 0 Å². The number of aliphatic carboxylic acids is 1. The SMILES string of the molecule is CCCc1ccccc1C(O)C(=O)O. The van der Waals surface area contributed by atoms with Crippen LogP contribution in [0.5, 0.6) is 0 Å². The average Bonchev–Trinajstić information content (AvgIpc) is 2.18. The largest absolute Gasteiger partial charge is 0.479 e. The lowest BCUT2D eigenvalue weighted by molar-refractivity contribution is -0.147. The first-order chi connectivity index (χ1) is 6.66. The molecular formula is C11H14O3. The average molecular weight is 194 g/mol. The number of rotatable bonds is 4. The van der Waals surface area contributed by atoms with Crippen molar-refractivity contribution in [1.29, 1.82) is 0 Å². The maximum absolute atomic E-state index is 10.6. The second-order valence-corrected chi connectivity index (χ2v) is 3.19. The molecule has 3 nitrogen and oxygen atoms in total. The molecule has 0 aliphatic heterocycles. The molecule has 2 N–H and O–H groups in total. The van der Waals surface area contributed by atoms with Crippen molar-refractivity contribution in [3.63, 3.8) is 0 Å². The summed E-state index contributed by atoms with van der Waals surface area (Å²) < 4.78 is 0. The summed E-state index contributed by atoms with van der Waals surface area (Å²) in [6, 6.07) is 7.10. The first kappa shape index (κ1) is 10.7. The minimum absolute atomic E-state index is 0.502. The predicted molar refractivity (Wildman–Crippen MR) is 53.0 cm³/mol. The third kappa shape index (κ3) is 2.33. The minimum atomic E-state index is -1.40. The van der Waals surface area contributed by atoms with Crippen molar-refractivity contribution >= 4 is 5.97 Å². The van der Waals surface area contributed by atoms with Crippen LogP contribution in [0.1, 0.15) is 30.6 Å². The summed E-state index contributed by atoms with van der Waals surface area (Å²) >= 11 is 0. The Morgan fingerprint density at radius 3 is 2.64 bits per heavy atom. The molecule has 0 aromatic heterocycles. The van der Waals surface area contributed by atoms with E-state index >= 15 is 0 Å². The standard InChI is InChI=1S/C11H14O3/c1-2-5-8-6-3-4-7-9(8)10(12)11(13)14/h3-4,6-7,10,12H,2,5H2,1H3,(H,13,14). The highest BCUT2D eigenvalue weighted by Gasteiger charge is 2.18. The minimum Gasteiger partial charge on any atom is -0.479 e. The van der Waals surface area contributed by atoms with Gasteiger partial charge >= 0.3 is 5.97 Å². The number of carbonyl (C=O) groups is 1. The van der Waals surface area contributed by atoms with E-state index in [1.165, 1.54) is 0 Å². The molecule has 76 valence electrons. The van der Waals surface area contributed by atoms with Crippen LogP contribution in [-0.4, -0.2) is 16.2 Å². The fourth-order valence-corrected chi connectivity index (χ4v) is 1.43. The van der Waals surface area contributed by atoms with Crippen molar-refractivity contribution in [1.82, 2.24) is 0 Å². The number of carboxylic acid groups (broad SMARTS) is 1. The van der Waals surface area contributed by atoms with Crippen LogP contribution in [-0.2, 0) is 11.2 Å². The lowest BCUT2D eigenvalue weighted by Gasteiger charge is -2.11. The van der Waals surface area contributed by atoms with Gasteiger partial charge in [-0.1, -0.05) is 37.6 Å². The predicted octanol–water partition coefficient (Wildman–Crippen LogP) is 1.76. The Kier molecular flexibility index (Phi) is 3.65. The molecule has 1 aromatic carbocycles. The van der Waals surface area contributed by atoms with Crippen molar-refractivity contribution in [3.8, 4) is 0 Å². The van der Waals surface area contributed by atoms with Gasteiger partial charge in [0.25, 0.3) is 0 Å². The normalized spacial score (nSPS) is 12.4. The Labute approximate surface area is 83.0 Å². The summed E-state index contributed by atoms with van der Waals surface area (Å²) in [5, 5.41) is 18.1. The van der Waals surface area contributed by atoms with Crippen LogP contribution in [0.15, 0.2) is 24.3 Å². The summed E-state index contributed by atoms with van der Waals surface area (Å²) in [4.78, 5) is 10.6. The second-order valence-electron chi connectivity index (χ2n) is 3.19. The van der Waals surface area contributed by atoms with Gasteiger partial charge in [0.05, 0.1) is 0 Å². The first-order valence-corrected chi connectivity index (χ1v) is 4.65. The molecule has 0 amide bonds. The van der Waals surface area contributed by atoms with E-state index in [1.54, 1.807) is 12.1 Å². The van der Waals surface area contributed by atoms with Gasteiger partial charge in [-0.2, -0.15) is 0 Å². The smallest absolute Gasteiger partial charge is 0.337 e. The number of aliphatic hydroxyl groups excluding tert-OH is 1. The number of carboxylic acids is 1. The molecule has 1 atom stereocenters. The molecule has 0 bridgehead atoms. The Morgan fingerprint density at radius 1 is 1.43 bits per heavy atom. The van der Waals surface area contributed by atoms with Crippen LogP contribution < -0.4 is 0 Å². The van der Waals surface area contributed by atoms with Crippen molar-refractivity contribution in [2.45, 2.75) is 25.9 Å². The van der Waals surface area contributed by atoms with E-state index in [0.29, 0.717) is 5.56 Å². The first-order valence-electron chi connectivity index (χ1n) is 4.65. The van der Waals surface area contributed by atoms with Crippen molar-refractivity contribution in [2.24, 2.45) is 0 Å². The van der Waals surface area contributed by atoms with E-state index in [2.05, 4.69) is 0 Å². The van der Waals surface area contributed by atoms with Crippen molar-refractivity contribution in [2.75, 3.05) is 0 Å². The molecule has 0 fully saturated rings. The van der Waals surface area contributed by atoms with Crippen molar-refractivity contribution in [3.05, 3.63) is 35.4 Å². The van der Waals surface area contributed by atoms with Gasteiger partial charge in [0, 0.05) is 0 Å². The van der Waals surface area contributed by atoms with Crippen molar-refractivity contribution < 1.29 is 15.0 Å². The maximum atomic E-state index is 10.6. The summed E-state index contributed by atoms with van der Waals surface area (Å²) in [6.07, 6.45) is 0.321. The highest BCUT2D eigenvalue weighted by Crippen LogP contribution is 2.19. The van der Waals surface area contributed by atoms with Crippen LogP contribution in [0.3, 0.4) is 0 Å². The molecule has 0 heterocycles. The Bertz CT molecular complexity index is 320. The molecule has 1 aromatic rings. The molecule has 0 saturated carbocycles. The Hall–Kier alpha value is -1.35. The van der Waals surface area contributed by atoms with E-state index in [0.717, 1.165) is 18.4 Å². The molecule has 0 saturated heterocycles. The lowest BCUT2D eigenvalue weighted by atomic mass is 9.99. The monoisotopic (exact) mass is 194 g/mol. The molecule has 3 heteroatoms. The van der Waals surface area contributed by atoms with E-state index in [4.69, 9.17) is 5.11 Å². The maximum Gasteiger partial charge on any atom is 0.337 e. The van der Waals surface area contributed by atoms with Crippen LogP contribution >= 0.6 is 0 Å². The van der Waals surface area contributed by atoms with Gasteiger partial charge in [-0.05, 0) is 17.5 Å². The summed E-state index contributed by atoms with van der Waals surface area (Å²) in [5.74, 6) is -1.20. The van der Waals surface area contributed by atoms with Gasteiger partial charge in [0.15, 0.2) is 6.10 Å². The zero-order chi connectivity index (χ0) is 10.6. The highest BCUT2D eigenvalue weighted by molar-refractivity contribution is 5.74. The number of hydrogen-bond acceptors (Lipinski definition) is 2. The van der Waals surface area contributed by atoms with Gasteiger partial charge in [-0.3, -0.25) is 0 Å². The van der Waals surface area contributed by atoms with E-state index in [9.17, 15) is 9.90 Å². The van der Waals surface area contributed by atoms with Gasteiger partial charge in [-0.15, -0.1) is 0 Å². The third-order valence-electron chi connectivity index (χ3n) is 2.10. The summed E-state index contributed by atoms with van der Waals surface area (Å²) in [6.45, 7) is 2.02. The van der Waals surface area contributed by atoms with E-state index in [-0.39, 0.29) is 0 Å². The van der Waals surface area contributed by atoms with Gasteiger partial charge in [-0.25, -0.2) is 4.79 Å².